The van der Waals surface area contributed by atoms with Crippen molar-refractivity contribution in [3.8, 4) is 0 Å². The fourth-order valence-corrected chi connectivity index (χ4v) is 4.54. The number of amides is 1. The molecule has 0 spiro atoms. The van der Waals surface area contributed by atoms with Crippen LogP contribution in [-0.2, 0) is 14.8 Å². The molecule has 0 aromatic heterocycles. The van der Waals surface area contributed by atoms with Gasteiger partial charge >= 0.3 is 6.09 Å². The van der Waals surface area contributed by atoms with E-state index in [1.54, 1.807) is 24.3 Å². The minimum Gasteiger partial charge on any atom is -0.448 e. The van der Waals surface area contributed by atoms with Crippen LogP contribution in [0.5, 0.6) is 0 Å². The molecule has 0 unspecified atom stereocenters. The first kappa shape index (κ1) is 15.1. The predicted octanol–water partition coefficient (Wildman–Crippen LogP) is 1.27. The smallest absolute Gasteiger partial charge is 0.411 e. The van der Waals surface area contributed by atoms with Gasteiger partial charge in [0.05, 0.1) is 11.8 Å². The highest BCUT2D eigenvalue weighted by atomic mass is 32.2. The highest BCUT2D eigenvalue weighted by molar-refractivity contribution is 8.00. The van der Waals surface area contributed by atoms with Gasteiger partial charge in [-0.25, -0.2) is 17.9 Å². The minimum absolute atomic E-state index is 0.0187. The molecule has 0 saturated carbocycles. The number of benzene rings is 1. The molecule has 1 aliphatic rings. The fourth-order valence-electron chi connectivity index (χ4n) is 1.67. The Hall–Kier alpha value is -1.25. The number of carbonyl (C=O) groups excluding carboxylic acids is 1. The maximum absolute atomic E-state index is 11.6. The van der Waals surface area contributed by atoms with Gasteiger partial charge in [0.1, 0.15) is 6.61 Å². The lowest BCUT2D eigenvalue weighted by molar-refractivity contribution is 0.154. The summed E-state index contributed by atoms with van der Waals surface area (Å²) in [5.74, 6) is 1.25. The van der Waals surface area contributed by atoms with Crippen LogP contribution in [0.3, 0.4) is 0 Å². The van der Waals surface area contributed by atoms with E-state index in [4.69, 9.17) is 4.74 Å². The summed E-state index contributed by atoms with van der Waals surface area (Å²) in [5.41, 5.74) is 0.633. The molecule has 0 radical (unpaired) electrons. The van der Waals surface area contributed by atoms with Gasteiger partial charge in [0.2, 0.25) is 10.0 Å². The van der Waals surface area contributed by atoms with Gasteiger partial charge in [-0.1, -0.05) is 18.2 Å². The maximum Gasteiger partial charge on any atom is 0.411 e. The Balaban J connectivity index is 1.81. The van der Waals surface area contributed by atoms with Crippen LogP contribution in [0, 0.1) is 0 Å². The first-order valence-electron chi connectivity index (χ1n) is 6.12. The van der Waals surface area contributed by atoms with Crippen LogP contribution in [-0.4, -0.2) is 44.4 Å². The Kier molecular flexibility index (Phi) is 5.27. The van der Waals surface area contributed by atoms with E-state index in [1.165, 1.54) is 11.8 Å². The number of sulfonamides is 1. The van der Waals surface area contributed by atoms with Crippen LogP contribution in [0.15, 0.2) is 30.3 Å². The summed E-state index contributed by atoms with van der Waals surface area (Å²) < 4.78 is 30.6. The summed E-state index contributed by atoms with van der Waals surface area (Å²) in [7, 11) is -3.26. The summed E-state index contributed by atoms with van der Waals surface area (Å²) in [4.78, 5) is 11.6. The molecule has 8 heteroatoms. The molecule has 2 N–H and O–H groups in total. The largest absolute Gasteiger partial charge is 0.448 e. The molecule has 1 fully saturated rings. The van der Waals surface area contributed by atoms with E-state index in [0.29, 0.717) is 17.2 Å². The molecular weight excluding hydrogens is 300 g/mol. The number of thioether (sulfide) groups is 1. The van der Waals surface area contributed by atoms with E-state index < -0.39 is 16.1 Å². The molecule has 1 heterocycles. The van der Waals surface area contributed by atoms with E-state index >= 15 is 0 Å². The van der Waals surface area contributed by atoms with Gasteiger partial charge in [0.15, 0.2) is 0 Å². The molecule has 1 atom stereocenters. The normalized spacial score (nSPS) is 21.7. The molecular formula is C12H16N2O4S2. The predicted molar refractivity (Wildman–Crippen MR) is 79.4 cm³/mol. The Labute approximate surface area is 122 Å². The lowest BCUT2D eigenvalue weighted by Gasteiger charge is -2.15. The van der Waals surface area contributed by atoms with Crippen LogP contribution in [0.4, 0.5) is 10.5 Å². The van der Waals surface area contributed by atoms with Crippen LogP contribution in [0.1, 0.15) is 0 Å². The van der Waals surface area contributed by atoms with Crippen LogP contribution in [0.25, 0.3) is 0 Å². The van der Waals surface area contributed by atoms with E-state index in [9.17, 15) is 13.2 Å². The second-order valence-corrected chi connectivity index (χ2v) is 7.32. The van der Waals surface area contributed by atoms with Crippen LogP contribution in [0.2, 0.25) is 0 Å². The van der Waals surface area contributed by atoms with Crippen molar-refractivity contribution in [3.05, 3.63) is 30.3 Å². The second-order valence-electron chi connectivity index (χ2n) is 4.30. The van der Waals surface area contributed by atoms with Crippen molar-refractivity contribution in [1.82, 2.24) is 4.72 Å². The van der Waals surface area contributed by atoms with Crippen LogP contribution >= 0.6 is 11.8 Å². The third-order valence-corrected chi connectivity index (χ3v) is 5.42. The quantitative estimate of drug-likeness (QED) is 0.877. The lowest BCUT2D eigenvalue weighted by Crippen LogP contribution is -2.40. The van der Waals surface area contributed by atoms with Gasteiger partial charge in [-0.05, 0) is 12.1 Å². The molecule has 1 aliphatic heterocycles. The molecule has 2 rings (SSSR count). The van der Waals surface area contributed by atoms with Crippen molar-refractivity contribution in [3.63, 3.8) is 0 Å². The summed E-state index contributed by atoms with van der Waals surface area (Å²) in [5, 5.41) is 2.57. The lowest BCUT2D eigenvalue weighted by atomic mass is 10.3. The van der Waals surface area contributed by atoms with E-state index in [1.807, 2.05) is 6.07 Å². The van der Waals surface area contributed by atoms with Gasteiger partial charge in [-0.15, -0.1) is 0 Å². The van der Waals surface area contributed by atoms with Crippen molar-refractivity contribution < 1.29 is 17.9 Å². The molecule has 110 valence electrons. The van der Waals surface area contributed by atoms with Crippen molar-refractivity contribution in [2.24, 2.45) is 0 Å². The monoisotopic (exact) mass is 316 g/mol. The van der Waals surface area contributed by atoms with Gasteiger partial charge in [0.25, 0.3) is 0 Å². The molecule has 20 heavy (non-hydrogen) atoms. The van der Waals surface area contributed by atoms with E-state index in [-0.39, 0.29) is 18.4 Å². The number of hydrogen-bond donors (Lipinski definition) is 2. The first-order valence-corrected chi connectivity index (χ1v) is 8.92. The van der Waals surface area contributed by atoms with Crippen molar-refractivity contribution in [2.45, 2.75) is 6.04 Å². The average Bonchev–Trinajstić information content (AvgIpc) is 2.58. The van der Waals surface area contributed by atoms with Gasteiger partial charge < -0.3 is 4.74 Å². The zero-order chi connectivity index (χ0) is 14.4. The summed E-state index contributed by atoms with van der Waals surface area (Å²) in [6.45, 7) is 0.0187. The van der Waals surface area contributed by atoms with Gasteiger partial charge in [-0.2, -0.15) is 11.8 Å². The molecule has 0 aliphatic carbocycles. The maximum atomic E-state index is 11.6. The number of carbonyl (C=O) groups is 1. The SMILES string of the molecule is O=C(Nc1ccccc1)OC[C@@H]1CSCCS(=O)(=O)N1. The number of ether oxygens (including phenoxy) is 1. The third-order valence-electron chi connectivity index (χ3n) is 2.60. The Bertz CT molecular complexity index is 548. The number of rotatable bonds is 3. The highest BCUT2D eigenvalue weighted by Gasteiger charge is 2.23. The number of para-hydroxylation sites is 1. The van der Waals surface area contributed by atoms with Gasteiger partial charge in [0, 0.05) is 17.2 Å². The highest BCUT2D eigenvalue weighted by Crippen LogP contribution is 2.11. The number of anilines is 1. The zero-order valence-corrected chi connectivity index (χ0v) is 12.4. The second kappa shape index (κ2) is 6.96. The average molecular weight is 316 g/mol. The van der Waals surface area contributed by atoms with Crippen LogP contribution < -0.4 is 10.0 Å². The number of hydrogen-bond acceptors (Lipinski definition) is 5. The topological polar surface area (TPSA) is 84.5 Å². The molecule has 1 amide bonds. The first-order chi connectivity index (χ1) is 9.55. The molecule has 0 bridgehead atoms. The Morgan fingerprint density at radius 3 is 2.90 bits per heavy atom. The standard InChI is InChI=1S/C12H16N2O4S2/c15-12(13-10-4-2-1-3-5-10)18-8-11-9-19-6-7-20(16,17)14-11/h1-5,11,14H,6-9H2,(H,13,15)/t11-/m1/s1. The summed E-state index contributed by atoms with van der Waals surface area (Å²) in [6, 6.07) is 8.54. The Morgan fingerprint density at radius 1 is 1.40 bits per heavy atom. The van der Waals surface area contributed by atoms with Crippen molar-refractivity contribution in [1.29, 1.82) is 0 Å². The van der Waals surface area contributed by atoms with Crippen molar-refractivity contribution >= 4 is 33.6 Å². The van der Waals surface area contributed by atoms with Crippen molar-refractivity contribution in [2.75, 3.05) is 29.2 Å². The number of nitrogens with one attached hydrogen (secondary N) is 2. The molecule has 1 aromatic rings. The summed E-state index contributed by atoms with van der Waals surface area (Å²) >= 11 is 1.53. The Morgan fingerprint density at radius 2 is 2.15 bits per heavy atom. The zero-order valence-electron chi connectivity index (χ0n) is 10.7. The van der Waals surface area contributed by atoms with E-state index in [0.717, 1.165) is 0 Å². The molecule has 6 nitrogen and oxygen atoms in total. The fraction of sp³-hybridized carbons (Fsp3) is 0.417. The van der Waals surface area contributed by atoms with Gasteiger partial charge in [-0.3, -0.25) is 5.32 Å². The van der Waals surface area contributed by atoms with E-state index in [2.05, 4.69) is 10.0 Å². The minimum atomic E-state index is -3.26. The summed E-state index contributed by atoms with van der Waals surface area (Å²) in [6.07, 6.45) is -0.593. The third kappa shape index (κ3) is 5.03. The molecule has 1 saturated heterocycles. The molecule has 1 aromatic carbocycles.